The van der Waals surface area contributed by atoms with E-state index in [0.29, 0.717) is 6.54 Å². The van der Waals surface area contributed by atoms with Gasteiger partial charge >= 0.3 is 5.69 Å². The molecule has 0 aliphatic rings. The van der Waals surface area contributed by atoms with Crippen LogP contribution in [0.4, 0.5) is 0 Å². The van der Waals surface area contributed by atoms with Crippen LogP contribution in [0.15, 0.2) is 76.6 Å². The fraction of sp³-hybridized carbons (Fsp3) is 0.217. The molecular formula is C23H23N5O4. The van der Waals surface area contributed by atoms with Crippen LogP contribution in [-0.2, 0) is 24.4 Å². The van der Waals surface area contributed by atoms with E-state index < -0.39 is 23.7 Å². The minimum atomic E-state index is -0.615. The van der Waals surface area contributed by atoms with Crippen LogP contribution >= 0.6 is 0 Å². The first-order chi connectivity index (χ1) is 15.6. The molecular weight excluding hydrogens is 410 g/mol. The maximum atomic E-state index is 13.3. The Balaban J connectivity index is 1.85. The first-order valence-electron chi connectivity index (χ1n) is 10.2. The Kier molecular flexibility index (Phi) is 6.27. The Morgan fingerprint density at radius 3 is 2.16 bits per heavy atom. The number of hydrogen-bond acceptors (Lipinski definition) is 5. The molecule has 2 N–H and O–H groups in total. The van der Waals surface area contributed by atoms with E-state index in [9.17, 15) is 14.4 Å². The van der Waals surface area contributed by atoms with E-state index in [1.165, 1.54) is 10.9 Å². The second-order valence-corrected chi connectivity index (χ2v) is 7.35. The molecule has 4 rings (SSSR count). The van der Waals surface area contributed by atoms with Gasteiger partial charge in [0.05, 0.1) is 19.5 Å². The molecule has 0 atom stereocenters. The van der Waals surface area contributed by atoms with Crippen molar-refractivity contribution in [3.8, 4) is 0 Å². The number of carbonyl (C=O) groups is 1. The van der Waals surface area contributed by atoms with E-state index in [4.69, 9.17) is 5.11 Å². The van der Waals surface area contributed by atoms with E-state index in [2.05, 4.69) is 10.3 Å². The summed E-state index contributed by atoms with van der Waals surface area (Å²) in [6.07, 6.45) is 1.54. The van der Waals surface area contributed by atoms with Crippen molar-refractivity contribution in [1.82, 2.24) is 24.0 Å². The SMILES string of the molecule is O=C(Cn1c(=O)c2c(ncn2Cc2ccccc2)n(Cc2ccccc2)c1=O)NCCO. The van der Waals surface area contributed by atoms with Crippen LogP contribution in [0.5, 0.6) is 0 Å². The van der Waals surface area contributed by atoms with E-state index in [1.54, 1.807) is 4.57 Å². The van der Waals surface area contributed by atoms with E-state index in [0.717, 1.165) is 15.7 Å². The monoisotopic (exact) mass is 433 g/mol. The number of hydrogen-bond donors (Lipinski definition) is 2. The number of aromatic nitrogens is 4. The van der Waals surface area contributed by atoms with Crippen LogP contribution in [-0.4, -0.2) is 42.9 Å². The molecule has 0 spiro atoms. The van der Waals surface area contributed by atoms with Gasteiger partial charge < -0.3 is 15.0 Å². The average molecular weight is 433 g/mol. The third kappa shape index (κ3) is 4.37. The van der Waals surface area contributed by atoms with Gasteiger partial charge in [-0.1, -0.05) is 60.7 Å². The van der Waals surface area contributed by atoms with Gasteiger partial charge in [0, 0.05) is 13.1 Å². The molecule has 1 amide bonds. The van der Waals surface area contributed by atoms with E-state index in [1.807, 2.05) is 60.7 Å². The lowest BCUT2D eigenvalue weighted by Crippen LogP contribution is -2.44. The van der Waals surface area contributed by atoms with Crippen molar-refractivity contribution >= 4 is 17.1 Å². The van der Waals surface area contributed by atoms with Gasteiger partial charge in [-0.15, -0.1) is 0 Å². The van der Waals surface area contributed by atoms with Crippen molar-refractivity contribution in [2.24, 2.45) is 0 Å². The highest BCUT2D eigenvalue weighted by Gasteiger charge is 2.20. The summed E-state index contributed by atoms with van der Waals surface area (Å²) >= 11 is 0. The fourth-order valence-electron chi connectivity index (χ4n) is 3.58. The summed E-state index contributed by atoms with van der Waals surface area (Å²) in [7, 11) is 0. The Bertz CT molecular complexity index is 1340. The second-order valence-electron chi connectivity index (χ2n) is 7.35. The van der Waals surface area contributed by atoms with E-state index in [-0.39, 0.29) is 30.9 Å². The molecule has 32 heavy (non-hydrogen) atoms. The number of imidazole rings is 1. The minimum Gasteiger partial charge on any atom is -0.395 e. The fourth-order valence-corrected chi connectivity index (χ4v) is 3.58. The molecule has 9 heteroatoms. The van der Waals surface area contributed by atoms with Gasteiger partial charge in [0.1, 0.15) is 6.54 Å². The Labute approximate surface area is 183 Å². The topological polar surface area (TPSA) is 111 Å². The highest BCUT2D eigenvalue weighted by Crippen LogP contribution is 2.12. The minimum absolute atomic E-state index is 0.0416. The van der Waals surface area contributed by atoms with Crippen LogP contribution in [0.2, 0.25) is 0 Å². The number of rotatable bonds is 8. The molecule has 2 aromatic heterocycles. The molecule has 2 heterocycles. The van der Waals surface area contributed by atoms with Gasteiger partial charge in [0.15, 0.2) is 11.2 Å². The van der Waals surface area contributed by atoms with Crippen molar-refractivity contribution in [1.29, 1.82) is 0 Å². The molecule has 0 unspecified atom stereocenters. The maximum absolute atomic E-state index is 13.3. The van der Waals surface area contributed by atoms with Crippen LogP contribution in [0, 0.1) is 0 Å². The number of carbonyl (C=O) groups excluding carboxylic acids is 1. The number of aliphatic hydroxyl groups is 1. The third-order valence-electron chi connectivity index (χ3n) is 5.10. The smallest absolute Gasteiger partial charge is 0.333 e. The zero-order chi connectivity index (χ0) is 22.5. The zero-order valence-corrected chi connectivity index (χ0v) is 17.3. The van der Waals surface area contributed by atoms with Crippen molar-refractivity contribution in [3.05, 3.63) is 99.0 Å². The maximum Gasteiger partial charge on any atom is 0.333 e. The molecule has 0 radical (unpaired) electrons. The molecule has 0 saturated heterocycles. The number of benzene rings is 2. The predicted octanol–water partition coefficient (Wildman–Crippen LogP) is 0.565. The summed E-state index contributed by atoms with van der Waals surface area (Å²) in [4.78, 5) is 43.2. The van der Waals surface area contributed by atoms with Gasteiger partial charge in [0.25, 0.3) is 5.56 Å². The first kappa shape index (κ1) is 21.3. The highest BCUT2D eigenvalue weighted by atomic mass is 16.3. The summed E-state index contributed by atoms with van der Waals surface area (Å²) in [6, 6.07) is 19.0. The van der Waals surface area contributed by atoms with Gasteiger partial charge in [-0.3, -0.25) is 14.2 Å². The summed E-state index contributed by atoms with van der Waals surface area (Å²) in [5.41, 5.74) is 1.16. The lowest BCUT2D eigenvalue weighted by atomic mass is 10.2. The zero-order valence-electron chi connectivity index (χ0n) is 17.3. The molecule has 0 aliphatic heterocycles. The quantitative estimate of drug-likeness (QED) is 0.422. The summed E-state index contributed by atoms with van der Waals surface area (Å²) in [6.45, 7) is -0.0372. The molecule has 0 aliphatic carbocycles. The summed E-state index contributed by atoms with van der Waals surface area (Å²) < 4.78 is 4.02. The predicted molar refractivity (Wildman–Crippen MR) is 119 cm³/mol. The number of nitrogens with zero attached hydrogens (tertiary/aromatic N) is 4. The van der Waals surface area contributed by atoms with Crippen molar-refractivity contribution in [2.75, 3.05) is 13.2 Å². The van der Waals surface area contributed by atoms with Crippen LogP contribution in [0.1, 0.15) is 11.1 Å². The molecule has 9 nitrogen and oxygen atoms in total. The summed E-state index contributed by atoms with van der Waals surface area (Å²) in [5.74, 6) is -0.530. The Morgan fingerprint density at radius 1 is 0.906 bits per heavy atom. The number of amides is 1. The van der Waals surface area contributed by atoms with Gasteiger partial charge in [0.2, 0.25) is 5.91 Å². The van der Waals surface area contributed by atoms with Crippen LogP contribution < -0.4 is 16.6 Å². The molecule has 0 saturated carbocycles. The van der Waals surface area contributed by atoms with Crippen molar-refractivity contribution in [2.45, 2.75) is 19.6 Å². The first-order valence-corrected chi connectivity index (χ1v) is 10.2. The van der Waals surface area contributed by atoms with Gasteiger partial charge in [-0.2, -0.15) is 0 Å². The standard InChI is InChI=1S/C23H23N5O4/c29-12-11-24-19(30)15-28-22(31)20-21(25-16-26(20)13-17-7-3-1-4-8-17)27(23(28)32)14-18-9-5-2-6-10-18/h1-10,16,29H,11-15H2,(H,24,30). The van der Waals surface area contributed by atoms with Crippen LogP contribution in [0.3, 0.4) is 0 Å². The van der Waals surface area contributed by atoms with Crippen molar-refractivity contribution < 1.29 is 9.90 Å². The van der Waals surface area contributed by atoms with Crippen molar-refractivity contribution in [3.63, 3.8) is 0 Å². The number of aliphatic hydroxyl groups excluding tert-OH is 1. The average Bonchev–Trinajstić information content (AvgIpc) is 3.23. The van der Waals surface area contributed by atoms with Crippen LogP contribution in [0.25, 0.3) is 11.2 Å². The lowest BCUT2D eigenvalue weighted by molar-refractivity contribution is -0.121. The Morgan fingerprint density at radius 2 is 1.53 bits per heavy atom. The lowest BCUT2D eigenvalue weighted by Gasteiger charge is -2.13. The number of fused-ring (bicyclic) bond motifs is 1. The second kappa shape index (κ2) is 9.44. The van der Waals surface area contributed by atoms with E-state index >= 15 is 0 Å². The third-order valence-corrected chi connectivity index (χ3v) is 5.10. The summed E-state index contributed by atoms with van der Waals surface area (Å²) in [5, 5.41) is 11.4. The normalized spacial score (nSPS) is 11.0. The molecule has 2 aromatic carbocycles. The highest BCUT2D eigenvalue weighted by molar-refractivity contribution is 5.76. The molecule has 164 valence electrons. The Hall–Kier alpha value is -3.98. The molecule has 4 aromatic rings. The van der Waals surface area contributed by atoms with Gasteiger partial charge in [-0.05, 0) is 11.1 Å². The van der Waals surface area contributed by atoms with Gasteiger partial charge in [-0.25, -0.2) is 14.3 Å². The number of nitrogens with one attached hydrogen (secondary N) is 1. The molecule has 0 fully saturated rings. The molecule has 0 bridgehead atoms. The largest absolute Gasteiger partial charge is 0.395 e.